The minimum Gasteiger partial charge on any atom is -0.493 e. The van der Waals surface area contributed by atoms with E-state index in [-0.39, 0.29) is 0 Å². The molecule has 0 spiro atoms. The summed E-state index contributed by atoms with van der Waals surface area (Å²) in [5.41, 5.74) is 4.91. The largest absolute Gasteiger partial charge is 0.493 e. The van der Waals surface area contributed by atoms with Gasteiger partial charge in [0.1, 0.15) is 0 Å². The van der Waals surface area contributed by atoms with Crippen molar-refractivity contribution in [3.63, 3.8) is 0 Å². The third kappa shape index (κ3) is 3.91. The van der Waals surface area contributed by atoms with E-state index < -0.39 is 0 Å². The molecule has 5 rings (SSSR count). The molecule has 168 valence electrons. The molecule has 0 fully saturated rings. The highest BCUT2D eigenvalue weighted by atomic mass is 16.5. The third-order valence-electron chi connectivity index (χ3n) is 6.24. The first-order valence-electron chi connectivity index (χ1n) is 11.1. The van der Waals surface area contributed by atoms with Crippen LogP contribution in [0.4, 0.5) is 11.4 Å². The van der Waals surface area contributed by atoms with Gasteiger partial charge >= 0.3 is 0 Å². The van der Waals surface area contributed by atoms with Gasteiger partial charge in [-0.05, 0) is 46.2 Å². The summed E-state index contributed by atoms with van der Waals surface area (Å²) >= 11 is 0. The molecule has 1 aliphatic heterocycles. The lowest BCUT2D eigenvalue weighted by atomic mass is 10.0. The summed E-state index contributed by atoms with van der Waals surface area (Å²) in [5.74, 6) is 1.96. The number of nitrogens with zero attached hydrogens (tertiary/aromatic N) is 2. The molecular formula is C28H28N2O3. The lowest BCUT2D eigenvalue weighted by Crippen LogP contribution is -2.30. The molecule has 0 atom stereocenters. The van der Waals surface area contributed by atoms with Crippen molar-refractivity contribution < 1.29 is 14.2 Å². The van der Waals surface area contributed by atoms with Crippen molar-refractivity contribution in [3.05, 3.63) is 90.0 Å². The van der Waals surface area contributed by atoms with Gasteiger partial charge < -0.3 is 24.0 Å². The first-order chi connectivity index (χ1) is 16.2. The highest BCUT2D eigenvalue weighted by Crippen LogP contribution is 2.41. The van der Waals surface area contributed by atoms with Gasteiger partial charge in [0.15, 0.2) is 11.5 Å². The zero-order valence-corrected chi connectivity index (χ0v) is 19.2. The quantitative estimate of drug-likeness (QED) is 0.360. The monoisotopic (exact) mass is 440 g/mol. The molecule has 5 nitrogen and oxygen atoms in total. The highest BCUT2D eigenvalue weighted by Gasteiger charge is 2.26. The van der Waals surface area contributed by atoms with E-state index in [4.69, 9.17) is 14.2 Å². The molecule has 1 aliphatic rings. The third-order valence-corrected chi connectivity index (χ3v) is 6.24. The van der Waals surface area contributed by atoms with Crippen LogP contribution in [0.3, 0.4) is 0 Å². The molecule has 0 amide bonds. The highest BCUT2D eigenvalue weighted by molar-refractivity contribution is 5.86. The maximum atomic E-state index is 5.56. The number of anilines is 2. The van der Waals surface area contributed by atoms with Crippen LogP contribution in [0.5, 0.6) is 17.2 Å². The Morgan fingerprint density at radius 2 is 1.27 bits per heavy atom. The molecule has 33 heavy (non-hydrogen) atoms. The van der Waals surface area contributed by atoms with E-state index in [0.29, 0.717) is 17.2 Å². The Kier molecular flexibility index (Phi) is 5.69. The standard InChI is InChI=1S/C28H28N2O3/c1-31-26-15-20(16-27(32-2)28(26)33-3)17-29-19-30(25-14-7-6-13-24(25)29)18-22-11-8-10-21-9-4-5-12-23(21)22/h4-16H,17-19H2,1-3H3. The number of rotatable bonds is 7. The molecule has 0 radical (unpaired) electrons. The molecule has 0 N–H and O–H groups in total. The number of ether oxygens (including phenoxy) is 3. The van der Waals surface area contributed by atoms with E-state index in [9.17, 15) is 0 Å². The summed E-state index contributed by atoms with van der Waals surface area (Å²) in [4.78, 5) is 4.83. The van der Waals surface area contributed by atoms with Crippen LogP contribution in [0, 0.1) is 0 Å². The van der Waals surface area contributed by atoms with E-state index in [2.05, 4.69) is 76.5 Å². The van der Waals surface area contributed by atoms with Crippen LogP contribution in [-0.4, -0.2) is 28.0 Å². The van der Waals surface area contributed by atoms with Gasteiger partial charge in [-0.15, -0.1) is 0 Å². The number of methoxy groups -OCH3 is 3. The van der Waals surface area contributed by atoms with Gasteiger partial charge in [-0.1, -0.05) is 54.6 Å². The lowest BCUT2D eigenvalue weighted by molar-refractivity contribution is 0.324. The van der Waals surface area contributed by atoms with Crippen molar-refractivity contribution in [1.29, 1.82) is 0 Å². The Morgan fingerprint density at radius 1 is 0.667 bits per heavy atom. The van der Waals surface area contributed by atoms with Crippen molar-refractivity contribution in [2.75, 3.05) is 37.8 Å². The maximum Gasteiger partial charge on any atom is 0.203 e. The average molecular weight is 441 g/mol. The van der Waals surface area contributed by atoms with E-state index >= 15 is 0 Å². The summed E-state index contributed by atoms with van der Waals surface area (Å²) in [6.45, 7) is 2.39. The van der Waals surface area contributed by atoms with Gasteiger partial charge in [0, 0.05) is 13.1 Å². The Morgan fingerprint density at radius 3 is 1.94 bits per heavy atom. The van der Waals surface area contributed by atoms with Gasteiger partial charge in [0.05, 0.1) is 39.4 Å². The molecule has 0 saturated heterocycles. The van der Waals surface area contributed by atoms with Crippen LogP contribution in [0.2, 0.25) is 0 Å². The topological polar surface area (TPSA) is 34.2 Å². The molecule has 5 heteroatoms. The minimum atomic E-state index is 0.614. The Balaban J connectivity index is 1.45. The fourth-order valence-electron chi connectivity index (χ4n) is 4.71. The minimum absolute atomic E-state index is 0.614. The fourth-order valence-corrected chi connectivity index (χ4v) is 4.71. The summed E-state index contributed by atoms with van der Waals surface area (Å²) in [7, 11) is 4.93. The van der Waals surface area contributed by atoms with Crippen molar-refractivity contribution in [3.8, 4) is 17.2 Å². The Hall–Kier alpha value is -3.86. The summed E-state index contributed by atoms with van der Waals surface area (Å²) in [6, 6.07) is 27.8. The number of para-hydroxylation sites is 2. The molecular weight excluding hydrogens is 412 g/mol. The number of fused-ring (bicyclic) bond motifs is 2. The van der Waals surface area contributed by atoms with Crippen LogP contribution < -0.4 is 24.0 Å². The molecule has 4 aromatic carbocycles. The van der Waals surface area contributed by atoms with Gasteiger partial charge in [0.25, 0.3) is 0 Å². The summed E-state index contributed by atoms with van der Waals surface area (Å²) in [6.07, 6.45) is 0. The molecule has 0 bridgehead atoms. The van der Waals surface area contributed by atoms with E-state index in [1.807, 2.05) is 12.1 Å². The Labute approximate surface area is 194 Å². The van der Waals surface area contributed by atoms with E-state index in [0.717, 1.165) is 25.3 Å². The van der Waals surface area contributed by atoms with Crippen molar-refractivity contribution >= 4 is 22.1 Å². The van der Waals surface area contributed by atoms with Crippen molar-refractivity contribution in [2.24, 2.45) is 0 Å². The van der Waals surface area contributed by atoms with Gasteiger partial charge in [-0.25, -0.2) is 0 Å². The molecule has 0 aliphatic carbocycles. The first kappa shape index (κ1) is 21.0. The SMILES string of the molecule is COc1cc(CN2CN(Cc3cccc4ccccc34)c3ccccc32)cc(OC)c1OC. The van der Waals surface area contributed by atoms with Crippen molar-refractivity contribution in [2.45, 2.75) is 13.1 Å². The second-order valence-electron chi connectivity index (χ2n) is 8.20. The lowest BCUT2D eigenvalue weighted by Gasteiger charge is -2.23. The van der Waals surface area contributed by atoms with Gasteiger partial charge in [-0.3, -0.25) is 0 Å². The summed E-state index contributed by atoms with van der Waals surface area (Å²) < 4.78 is 16.6. The normalized spacial score (nSPS) is 12.7. The zero-order valence-electron chi connectivity index (χ0n) is 19.2. The maximum absolute atomic E-state index is 5.56. The van der Waals surface area contributed by atoms with Crippen LogP contribution in [0.15, 0.2) is 78.9 Å². The van der Waals surface area contributed by atoms with Crippen LogP contribution in [-0.2, 0) is 13.1 Å². The molecule has 0 aromatic heterocycles. The zero-order chi connectivity index (χ0) is 22.8. The second-order valence-corrected chi connectivity index (χ2v) is 8.20. The predicted molar refractivity (Wildman–Crippen MR) is 134 cm³/mol. The predicted octanol–water partition coefficient (Wildman–Crippen LogP) is 5.85. The fraction of sp³-hybridized carbons (Fsp3) is 0.214. The smallest absolute Gasteiger partial charge is 0.203 e. The Bertz CT molecular complexity index is 1260. The van der Waals surface area contributed by atoms with E-state index in [1.54, 1.807) is 21.3 Å². The second kappa shape index (κ2) is 8.94. The number of benzene rings is 4. The van der Waals surface area contributed by atoms with E-state index in [1.165, 1.54) is 27.7 Å². The van der Waals surface area contributed by atoms with Gasteiger partial charge in [0.2, 0.25) is 5.75 Å². The van der Waals surface area contributed by atoms with Crippen LogP contribution >= 0.6 is 0 Å². The van der Waals surface area contributed by atoms with Gasteiger partial charge in [-0.2, -0.15) is 0 Å². The average Bonchev–Trinajstić information content (AvgIpc) is 3.20. The number of hydrogen-bond donors (Lipinski definition) is 0. The molecule has 1 heterocycles. The molecule has 4 aromatic rings. The molecule has 0 unspecified atom stereocenters. The number of hydrogen-bond acceptors (Lipinski definition) is 5. The van der Waals surface area contributed by atoms with Crippen LogP contribution in [0.1, 0.15) is 11.1 Å². The first-order valence-corrected chi connectivity index (χ1v) is 11.1. The summed E-state index contributed by atoms with van der Waals surface area (Å²) in [5, 5.41) is 2.58. The molecule has 0 saturated carbocycles. The van der Waals surface area contributed by atoms with Crippen molar-refractivity contribution in [1.82, 2.24) is 0 Å². The van der Waals surface area contributed by atoms with Crippen LogP contribution in [0.25, 0.3) is 10.8 Å².